The zero-order valence-corrected chi connectivity index (χ0v) is 10.2. The Morgan fingerprint density at radius 2 is 1.82 bits per heavy atom. The van der Waals surface area contributed by atoms with E-state index in [0.717, 1.165) is 25.3 Å². The summed E-state index contributed by atoms with van der Waals surface area (Å²) in [5.41, 5.74) is 0. The normalized spacial score (nSPS) is 30.5. The summed E-state index contributed by atoms with van der Waals surface area (Å²) in [6.45, 7) is 0.895. The Morgan fingerprint density at radius 1 is 1.06 bits per heavy atom. The van der Waals surface area contributed by atoms with Crippen LogP contribution in [0.3, 0.4) is 0 Å². The second kappa shape index (κ2) is 5.59. The summed E-state index contributed by atoms with van der Waals surface area (Å²) < 4.78 is 37.8. The van der Waals surface area contributed by atoms with Crippen molar-refractivity contribution in [3.63, 3.8) is 0 Å². The van der Waals surface area contributed by atoms with E-state index in [9.17, 15) is 13.2 Å². The minimum Gasteiger partial charge on any atom is -0.314 e. The van der Waals surface area contributed by atoms with Crippen LogP contribution in [0.4, 0.5) is 13.2 Å². The van der Waals surface area contributed by atoms with Crippen LogP contribution < -0.4 is 5.32 Å². The highest BCUT2D eigenvalue weighted by Crippen LogP contribution is 2.37. The van der Waals surface area contributed by atoms with E-state index in [4.69, 9.17) is 0 Å². The van der Waals surface area contributed by atoms with Gasteiger partial charge in [-0.3, -0.25) is 0 Å². The predicted molar refractivity (Wildman–Crippen MR) is 61.8 cm³/mol. The Morgan fingerprint density at radius 3 is 2.47 bits per heavy atom. The molecule has 1 N–H and O–H groups in total. The van der Waals surface area contributed by atoms with Crippen molar-refractivity contribution in [2.75, 3.05) is 6.54 Å². The van der Waals surface area contributed by atoms with Crippen LogP contribution in [0.2, 0.25) is 0 Å². The fourth-order valence-electron chi connectivity index (χ4n) is 2.78. The maximum Gasteiger partial charge on any atom is 0.391 e. The molecule has 0 radical (unpaired) electrons. The van der Waals surface area contributed by atoms with E-state index in [1.54, 1.807) is 0 Å². The topological polar surface area (TPSA) is 12.0 Å². The van der Waals surface area contributed by atoms with E-state index in [1.165, 1.54) is 19.3 Å². The molecule has 100 valence electrons. The summed E-state index contributed by atoms with van der Waals surface area (Å²) in [5, 5.41) is 3.31. The molecule has 1 nitrogen and oxygen atoms in total. The highest BCUT2D eigenvalue weighted by Gasteiger charge is 2.41. The third-order valence-corrected chi connectivity index (χ3v) is 4.06. The van der Waals surface area contributed by atoms with Gasteiger partial charge in [-0.05, 0) is 44.6 Å². The molecule has 0 saturated heterocycles. The number of rotatable bonds is 5. The Bertz CT molecular complexity index is 235. The molecular formula is C13H22F3N. The lowest BCUT2D eigenvalue weighted by Gasteiger charge is -2.31. The highest BCUT2D eigenvalue weighted by molar-refractivity contribution is 4.82. The van der Waals surface area contributed by atoms with Gasteiger partial charge in [-0.1, -0.05) is 19.3 Å². The molecule has 2 aliphatic rings. The van der Waals surface area contributed by atoms with Gasteiger partial charge in [-0.15, -0.1) is 0 Å². The van der Waals surface area contributed by atoms with Crippen molar-refractivity contribution in [2.45, 2.75) is 63.6 Å². The number of nitrogens with one attached hydrogen (secondary N) is 1. The Kier molecular flexibility index (Phi) is 4.34. The first-order valence-electron chi connectivity index (χ1n) is 6.86. The van der Waals surface area contributed by atoms with Crippen LogP contribution >= 0.6 is 0 Å². The first kappa shape index (κ1) is 13.2. The van der Waals surface area contributed by atoms with Crippen molar-refractivity contribution in [2.24, 2.45) is 11.8 Å². The first-order chi connectivity index (χ1) is 8.05. The molecule has 2 aliphatic carbocycles. The average Bonchev–Trinajstić information content (AvgIpc) is 3.08. The van der Waals surface area contributed by atoms with Crippen molar-refractivity contribution >= 4 is 0 Å². The van der Waals surface area contributed by atoms with E-state index in [2.05, 4.69) is 5.32 Å². The third-order valence-electron chi connectivity index (χ3n) is 4.06. The maximum atomic E-state index is 12.6. The van der Waals surface area contributed by atoms with Gasteiger partial charge in [0.25, 0.3) is 0 Å². The van der Waals surface area contributed by atoms with Gasteiger partial charge < -0.3 is 5.32 Å². The van der Waals surface area contributed by atoms with Gasteiger partial charge in [0, 0.05) is 6.04 Å². The molecule has 0 amide bonds. The standard InChI is InChI=1S/C13H22F3N/c14-13(15,16)11-4-1-5-12(9-11)17-8-2-3-10-6-7-10/h10-12,17H,1-9H2. The van der Waals surface area contributed by atoms with Gasteiger partial charge in [-0.25, -0.2) is 0 Å². The van der Waals surface area contributed by atoms with Crippen LogP contribution in [0.15, 0.2) is 0 Å². The second-order valence-electron chi connectivity index (χ2n) is 5.64. The summed E-state index contributed by atoms with van der Waals surface area (Å²) in [7, 11) is 0. The third kappa shape index (κ3) is 4.49. The molecule has 2 rings (SSSR count). The first-order valence-corrected chi connectivity index (χ1v) is 6.86. The molecule has 0 aromatic rings. The molecule has 4 heteroatoms. The van der Waals surface area contributed by atoms with Crippen LogP contribution in [0.25, 0.3) is 0 Å². The SMILES string of the molecule is FC(F)(F)C1CCCC(NCCCC2CC2)C1. The van der Waals surface area contributed by atoms with Crippen LogP contribution in [-0.4, -0.2) is 18.8 Å². The fourth-order valence-corrected chi connectivity index (χ4v) is 2.78. The molecule has 2 unspecified atom stereocenters. The smallest absolute Gasteiger partial charge is 0.314 e. The average molecular weight is 249 g/mol. The van der Waals surface area contributed by atoms with Gasteiger partial charge in [0.05, 0.1) is 5.92 Å². The summed E-state index contributed by atoms with van der Waals surface area (Å²) in [4.78, 5) is 0. The minimum absolute atomic E-state index is 0.0922. The maximum absolute atomic E-state index is 12.6. The molecule has 0 bridgehead atoms. The molecule has 0 aromatic carbocycles. The lowest BCUT2D eigenvalue weighted by atomic mass is 9.85. The molecular weight excluding hydrogens is 227 g/mol. The fraction of sp³-hybridized carbons (Fsp3) is 1.00. The molecule has 0 spiro atoms. The number of halogens is 3. The Labute approximate surface area is 101 Å². The van der Waals surface area contributed by atoms with Gasteiger partial charge >= 0.3 is 6.18 Å². The monoisotopic (exact) mass is 249 g/mol. The second-order valence-corrected chi connectivity index (χ2v) is 5.64. The molecule has 2 atom stereocenters. The van der Waals surface area contributed by atoms with E-state index in [0.29, 0.717) is 12.8 Å². The summed E-state index contributed by atoms with van der Waals surface area (Å²) in [6.07, 6.45) is 3.34. The Balaban J connectivity index is 1.62. The minimum atomic E-state index is -3.99. The number of hydrogen-bond donors (Lipinski definition) is 1. The van der Waals surface area contributed by atoms with Crippen molar-refractivity contribution < 1.29 is 13.2 Å². The van der Waals surface area contributed by atoms with E-state index < -0.39 is 12.1 Å². The van der Waals surface area contributed by atoms with Crippen molar-refractivity contribution in [1.29, 1.82) is 0 Å². The predicted octanol–water partition coefficient (Wildman–Crippen LogP) is 3.89. The van der Waals surface area contributed by atoms with Crippen LogP contribution in [0.1, 0.15) is 51.4 Å². The highest BCUT2D eigenvalue weighted by atomic mass is 19.4. The number of alkyl halides is 3. The van der Waals surface area contributed by atoms with Crippen LogP contribution in [0, 0.1) is 11.8 Å². The van der Waals surface area contributed by atoms with Crippen LogP contribution in [0.5, 0.6) is 0 Å². The summed E-state index contributed by atoms with van der Waals surface area (Å²) in [6, 6.07) is 0.0922. The van der Waals surface area contributed by atoms with Crippen molar-refractivity contribution in [3.8, 4) is 0 Å². The van der Waals surface area contributed by atoms with Crippen LogP contribution in [-0.2, 0) is 0 Å². The Hall–Kier alpha value is -0.250. The largest absolute Gasteiger partial charge is 0.391 e. The zero-order valence-electron chi connectivity index (χ0n) is 10.2. The summed E-state index contributed by atoms with van der Waals surface area (Å²) in [5.74, 6) is -0.150. The lowest BCUT2D eigenvalue weighted by Crippen LogP contribution is -2.39. The molecule has 0 aliphatic heterocycles. The van der Waals surface area contributed by atoms with Crippen molar-refractivity contribution in [1.82, 2.24) is 5.32 Å². The van der Waals surface area contributed by atoms with Gasteiger partial charge in [-0.2, -0.15) is 13.2 Å². The molecule has 0 heterocycles. The summed E-state index contributed by atoms with van der Waals surface area (Å²) >= 11 is 0. The molecule has 2 fully saturated rings. The molecule has 0 aromatic heterocycles. The van der Waals surface area contributed by atoms with E-state index in [1.807, 2.05) is 0 Å². The quantitative estimate of drug-likeness (QED) is 0.729. The lowest BCUT2D eigenvalue weighted by molar-refractivity contribution is -0.183. The van der Waals surface area contributed by atoms with Gasteiger partial charge in [0.1, 0.15) is 0 Å². The molecule has 2 saturated carbocycles. The molecule has 17 heavy (non-hydrogen) atoms. The van der Waals surface area contributed by atoms with Gasteiger partial charge in [0.2, 0.25) is 0 Å². The zero-order chi connectivity index (χ0) is 12.3. The van der Waals surface area contributed by atoms with Crippen molar-refractivity contribution in [3.05, 3.63) is 0 Å². The van der Waals surface area contributed by atoms with Gasteiger partial charge in [0.15, 0.2) is 0 Å². The number of hydrogen-bond acceptors (Lipinski definition) is 1. The van der Waals surface area contributed by atoms with E-state index >= 15 is 0 Å². The van der Waals surface area contributed by atoms with E-state index in [-0.39, 0.29) is 12.5 Å².